The van der Waals surface area contributed by atoms with Crippen molar-refractivity contribution in [1.82, 2.24) is 0 Å². The van der Waals surface area contributed by atoms with Crippen LogP contribution in [0.3, 0.4) is 0 Å². The molecule has 0 amide bonds. The number of hydrogen-bond donors (Lipinski definition) is 2. The van der Waals surface area contributed by atoms with E-state index in [9.17, 15) is 15.0 Å². The molecule has 0 fully saturated rings. The number of phenols is 2. The van der Waals surface area contributed by atoms with Crippen LogP contribution in [0.25, 0.3) is 6.08 Å². The van der Waals surface area contributed by atoms with E-state index >= 15 is 0 Å². The molecule has 168 valence electrons. The number of fused-ring (bicyclic) bond motifs is 2. The Hall–Kier alpha value is -3.25. The number of phenolic OH excluding ortho intramolecular Hbond substituents is 2. The first-order valence-corrected chi connectivity index (χ1v) is 10.6. The van der Waals surface area contributed by atoms with E-state index in [2.05, 4.69) is 0 Å². The van der Waals surface area contributed by atoms with Crippen LogP contribution >= 0.6 is 0 Å². The van der Waals surface area contributed by atoms with Gasteiger partial charge in [-0.3, -0.25) is 4.79 Å². The van der Waals surface area contributed by atoms with Gasteiger partial charge in [0.15, 0.2) is 12.2 Å². The molecule has 0 unspecified atom stereocenters. The van der Waals surface area contributed by atoms with Crippen molar-refractivity contribution in [2.75, 3.05) is 7.11 Å². The largest absolute Gasteiger partial charge is 0.508 e. The third kappa shape index (κ3) is 3.65. The van der Waals surface area contributed by atoms with Crippen molar-refractivity contribution in [1.29, 1.82) is 0 Å². The number of benzene rings is 2. The lowest BCUT2D eigenvalue weighted by Gasteiger charge is -2.36. The number of carbonyl (C=O) groups is 1. The standard InChI is InChI=1S/C26H28O6/c1-14(2)10-11-17-22-16(12-13-26(3,4)32-22)20(28)19-21(29)25(30-5)24(31-23(17)19)15-8-6-7-9-18(15)27/h6-10,12-13,24-25,27-28H,11H2,1-5H3/t24-,25-/m1/s1. The van der Waals surface area contributed by atoms with Gasteiger partial charge >= 0.3 is 0 Å². The predicted molar refractivity (Wildman–Crippen MR) is 122 cm³/mol. The number of hydrogen-bond acceptors (Lipinski definition) is 6. The number of rotatable bonds is 4. The summed E-state index contributed by atoms with van der Waals surface area (Å²) in [7, 11) is 1.41. The van der Waals surface area contributed by atoms with Crippen LogP contribution in [0.4, 0.5) is 0 Å². The van der Waals surface area contributed by atoms with E-state index in [0.717, 1.165) is 5.57 Å². The van der Waals surface area contributed by atoms with E-state index in [1.807, 2.05) is 39.8 Å². The fraction of sp³-hybridized carbons (Fsp3) is 0.346. The van der Waals surface area contributed by atoms with Crippen LogP contribution in [0.1, 0.15) is 60.8 Å². The average molecular weight is 437 g/mol. The number of ketones is 1. The lowest BCUT2D eigenvalue weighted by Crippen LogP contribution is -2.39. The van der Waals surface area contributed by atoms with Gasteiger partial charge in [0.1, 0.15) is 34.2 Å². The topological polar surface area (TPSA) is 85.2 Å². The Kier molecular flexibility index (Phi) is 5.51. The highest BCUT2D eigenvalue weighted by Crippen LogP contribution is 2.52. The molecule has 32 heavy (non-hydrogen) atoms. The highest BCUT2D eigenvalue weighted by molar-refractivity contribution is 6.07. The molecule has 4 rings (SSSR count). The molecule has 2 aromatic rings. The molecule has 2 atom stereocenters. The Bertz CT molecular complexity index is 1140. The minimum absolute atomic E-state index is 0.00384. The molecule has 0 radical (unpaired) electrons. The maximum atomic E-state index is 13.5. The molecule has 0 aromatic heterocycles. The molecule has 0 saturated carbocycles. The van der Waals surface area contributed by atoms with E-state index < -0.39 is 23.6 Å². The van der Waals surface area contributed by atoms with Gasteiger partial charge in [0, 0.05) is 18.2 Å². The van der Waals surface area contributed by atoms with Crippen molar-refractivity contribution in [2.24, 2.45) is 0 Å². The van der Waals surface area contributed by atoms with Crippen LogP contribution in [-0.2, 0) is 11.2 Å². The highest BCUT2D eigenvalue weighted by Gasteiger charge is 2.44. The molecule has 0 saturated heterocycles. The predicted octanol–water partition coefficient (Wildman–Crippen LogP) is 5.12. The summed E-state index contributed by atoms with van der Waals surface area (Å²) in [6.45, 7) is 7.82. The minimum Gasteiger partial charge on any atom is -0.508 e. The smallest absolute Gasteiger partial charge is 0.203 e. The van der Waals surface area contributed by atoms with Gasteiger partial charge in [-0.1, -0.05) is 29.8 Å². The molecular formula is C26H28O6. The van der Waals surface area contributed by atoms with Crippen molar-refractivity contribution >= 4 is 11.9 Å². The number of aromatic hydroxyl groups is 2. The Balaban J connectivity index is 1.98. The maximum Gasteiger partial charge on any atom is 0.203 e. The molecule has 2 aliphatic heterocycles. The molecule has 2 aromatic carbocycles. The molecule has 6 nitrogen and oxygen atoms in total. The number of ether oxygens (including phenoxy) is 3. The van der Waals surface area contributed by atoms with Crippen molar-refractivity contribution in [3.63, 3.8) is 0 Å². The molecule has 2 heterocycles. The number of Topliss-reactive ketones (excluding diaryl/α,β-unsaturated/α-hetero) is 1. The lowest BCUT2D eigenvalue weighted by atomic mass is 9.86. The number of methoxy groups -OCH3 is 1. The van der Waals surface area contributed by atoms with Gasteiger partial charge in [-0.25, -0.2) is 0 Å². The summed E-state index contributed by atoms with van der Waals surface area (Å²) < 4.78 is 18.1. The molecule has 0 aliphatic carbocycles. The minimum atomic E-state index is -1.03. The van der Waals surface area contributed by atoms with E-state index in [4.69, 9.17) is 14.2 Å². The second-order valence-electron chi connectivity index (χ2n) is 8.92. The van der Waals surface area contributed by atoms with Gasteiger partial charge in [-0.2, -0.15) is 0 Å². The zero-order valence-electron chi connectivity index (χ0n) is 18.9. The van der Waals surface area contributed by atoms with Gasteiger partial charge < -0.3 is 24.4 Å². The lowest BCUT2D eigenvalue weighted by molar-refractivity contribution is -0.00231. The third-order valence-corrected chi connectivity index (χ3v) is 5.76. The summed E-state index contributed by atoms with van der Waals surface area (Å²) in [6, 6.07) is 6.69. The van der Waals surface area contributed by atoms with Crippen molar-refractivity contribution in [3.05, 3.63) is 64.2 Å². The van der Waals surface area contributed by atoms with Gasteiger partial charge in [-0.15, -0.1) is 0 Å². The monoisotopic (exact) mass is 436 g/mol. The van der Waals surface area contributed by atoms with Crippen LogP contribution in [0, 0.1) is 0 Å². The number of carbonyl (C=O) groups excluding carboxylic acids is 1. The third-order valence-electron chi connectivity index (χ3n) is 5.76. The maximum absolute atomic E-state index is 13.5. The van der Waals surface area contributed by atoms with E-state index in [1.165, 1.54) is 13.2 Å². The van der Waals surface area contributed by atoms with Gasteiger partial charge in [0.2, 0.25) is 5.78 Å². The van der Waals surface area contributed by atoms with Crippen LogP contribution in [0.15, 0.2) is 42.0 Å². The number of allylic oxidation sites excluding steroid dienone is 2. The fourth-order valence-corrected chi connectivity index (χ4v) is 4.12. The quantitative estimate of drug-likeness (QED) is 0.647. The summed E-state index contributed by atoms with van der Waals surface area (Å²) in [6.07, 6.45) is 4.20. The summed E-state index contributed by atoms with van der Waals surface area (Å²) in [5.74, 6) is 0.163. The van der Waals surface area contributed by atoms with E-state index in [1.54, 1.807) is 24.3 Å². The van der Waals surface area contributed by atoms with Crippen LogP contribution in [0.5, 0.6) is 23.0 Å². The Labute approximate surface area is 187 Å². The second-order valence-corrected chi connectivity index (χ2v) is 8.92. The molecular weight excluding hydrogens is 408 g/mol. The van der Waals surface area contributed by atoms with E-state index in [0.29, 0.717) is 28.9 Å². The molecule has 0 spiro atoms. The van der Waals surface area contributed by atoms with Crippen molar-refractivity contribution < 1.29 is 29.2 Å². The first kappa shape index (κ1) is 22.0. The number of para-hydroxylation sites is 1. The van der Waals surface area contributed by atoms with Crippen molar-refractivity contribution in [3.8, 4) is 23.0 Å². The Morgan fingerprint density at radius 3 is 2.56 bits per heavy atom. The second kappa shape index (κ2) is 8.02. The molecule has 2 aliphatic rings. The fourth-order valence-electron chi connectivity index (χ4n) is 4.12. The SMILES string of the molecule is CO[C@@H]1C(=O)c2c(O)c3c(c(CC=C(C)C)c2O[C@@H]1c1ccccc1O)OC(C)(C)C=C3. The highest BCUT2D eigenvalue weighted by atomic mass is 16.5. The van der Waals surface area contributed by atoms with Crippen LogP contribution in [-0.4, -0.2) is 34.8 Å². The van der Waals surface area contributed by atoms with Crippen LogP contribution < -0.4 is 9.47 Å². The van der Waals surface area contributed by atoms with Crippen molar-refractivity contribution in [2.45, 2.75) is 51.9 Å². The molecule has 2 N–H and O–H groups in total. The molecule has 0 bridgehead atoms. The summed E-state index contributed by atoms with van der Waals surface area (Å²) in [5.41, 5.74) is 2.15. The van der Waals surface area contributed by atoms with Gasteiger partial charge in [-0.05, 0) is 52.3 Å². The van der Waals surface area contributed by atoms with E-state index in [-0.39, 0.29) is 22.8 Å². The summed E-state index contributed by atoms with van der Waals surface area (Å²) in [5, 5.41) is 21.5. The zero-order chi connectivity index (χ0) is 23.2. The zero-order valence-corrected chi connectivity index (χ0v) is 18.9. The summed E-state index contributed by atoms with van der Waals surface area (Å²) in [4.78, 5) is 13.5. The Morgan fingerprint density at radius 1 is 1.19 bits per heavy atom. The first-order valence-electron chi connectivity index (χ1n) is 10.6. The normalized spacial score (nSPS) is 20.6. The Morgan fingerprint density at radius 2 is 1.91 bits per heavy atom. The average Bonchev–Trinajstić information content (AvgIpc) is 2.72. The summed E-state index contributed by atoms with van der Waals surface area (Å²) >= 11 is 0. The van der Waals surface area contributed by atoms with Crippen LogP contribution in [0.2, 0.25) is 0 Å². The van der Waals surface area contributed by atoms with Gasteiger partial charge in [0.05, 0.1) is 5.56 Å². The van der Waals surface area contributed by atoms with Gasteiger partial charge in [0.25, 0.3) is 0 Å². The molecule has 6 heteroatoms. The first-order chi connectivity index (χ1) is 15.1.